The number of ether oxygens (including phenoxy) is 2. The van der Waals surface area contributed by atoms with Crippen molar-refractivity contribution in [1.82, 2.24) is 10.3 Å². The number of pyridine rings is 1. The molecule has 1 fully saturated rings. The van der Waals surface area contributed by atoms with E-state index < -0.39 is 0 Å². The zero-order valence-electron chi connectivity index (χ0n) is 9.61. The molecule has 1 aliphatic rings. The monoisotopic (exact) mass is 222 g/mol. The molecule has 1 N–H and O–H groups in total. The number of nitrogens with zero attached hydrogens (tertiary/aromatic N) is 1. The Morgan fingerprint density at radius 3 is 3.25 bits per heavy atom. The van der Waals surface area contributed by atoms with E-state index in [1.54, 1.807) is 0 Å². The fraction of sp³-hybridized carbons (Fsp3) is 0.583. The summed E-state index contributed by atoms with van der Waals surface area (Å²) < 4.78 is 11.0. The van der Waals surface area contributed by atoms with E-state index in [1.807, 2.05) is 18.2 Å². The number of rotatable bonds is 5. The van der Waals surface area contributed by atoms with Crippen LogP contribution < -0.4 is 10.1 Å². The van der Waals surface area contributed by atoms with E-state index in [0.29, 0.717) is 12.5 Å². The first kappa shape index (κ1) is 11.4. The van der Waals surface area contributed by atoms with Gasteiger partial charge in [-0.3, -0.25) is 0 Å². The fourth-order valence-electron chi connectivity index (χ4n) is 1.65. The first-order valence-electron chi connectivity index (χ1n) is 5.79. The molecule has 1 saturated heterocycles. The third-order valence-electron chi connectivity index (χ3n) is 2.51. The summed E-state index contributed by atoms with van der Waals surface area (Å²) in [7, 11) is 0. The summed E-state index contributed by atoms with van der Waals surface area (Å²) >= 11 is 0. The molecule has 4 nitrogen and oxygen atoms in total. The first-order valence-corrected chi connectivity index (χ1v) is 5.79. The Kier molecular flexibility index (Phi) is 4.13. The van der Waals surface area contributed by atoms with Gasteiger partial charge in [0.05, 0.1) is 18.9 Å². The van der Waals surface area contributed by atoms with E-state index in [1.165, 1.54) is 0 Å². The Morgan fingerprint density at radius 1 is 1.56 bits per heavy atom. The van der Waals surface area contributed by atoms with E-state index in [4.69, 9.17) is 9.47 Å². The lowest BCUT2D eigenvalue weighted by Gasteiger charge is -2.11. The summed E-state index contributed by atoms with van der Waals surface area (Å²) in [6, 6.07) is 5.87. The molecule has 16 heavy (non-hydrogen) atoms. The molecule has 1 atom stereocenters. The maximum atomic E-state index is 5.73. The van der Waals surface area contributed by atoms with Gasteiger partial charge in [-0.1, -0.05) is 13.0 Å². The topological polar surface area (TPSA) is 43.4 Å². The van der Waals surface area contributed by atoms with Gasteiger partial charge in [0, 0.05) is 19.0 Å². The Bertz CT molecular complexity index is 325. The van der Waals surface area contributed by atoms with E-state index in [2.05, 4.69) is 17.2 Å². The second-order valence-corrected chi connectivity index (χ2v) is 3.85. The van der Waals surface area contributed by atoms with Crippen LogP contribution in [0.2, 0.25) is 0 Å². The number of hydrogen-bond donors (Lipinski definition) is 1. The fourth-order valence-corrected chi connectivity index (χ4v) is 1.65. The predicted molar refractivity (Wildman–Crippen MR) is 61.5 cm³/mol. The first-order chi connectivity index (χ1) is 7.88. The summed E-state index contributed by atoms with van der Waals surface area (Å²) in [4.78, 5) is 4.43. The van der Waals surface area contributed by atoms with E-state index in [9.17, 15) is 0 Å². The van der Waals surface area contributed by atoms with Crippen LogP contribution in [-0.2, 0) is 11.3 Å². The van der Waals surface area contributed by atoms with Crippen molar-refractivity contribution in [3.05, 3.63) is 23.9 Å². The van der Waals surface area contributed by atoms with Gasteiger partial charge in [0.2, 0.25) is 5.88 Å². The van der Waals surface area contributed by atoms with Crippen LogP contribution in [0.25, 0.3) is 0 Å². The zero-order valence-corrected chi connectivity index (χ0v) is 9.61. The third-order valence-corrected chi connectivity index (χ3v) is 2.51. The Morgan fingerprint density at radius 2 is 2.50 bits per heavy atom. The van der Waals surface area contributed by atoms with Crippen LogP contribution in [-0.4, -0.2) is 30.8 Å². The second kappa shape index (κ2) is 5.82. The van der Waals surface area contributed by atoms with Gasteiger partial charge in [0.25, 0.3) is 0 Å². The second-order valence-electron chi connectivity index (χ2n) is 3.85. The smallest absolute Gasteiger partial charge is 0.213 e. The van der Waals surface area contributed by atoms with Crippen molar-refractivity contribution in [2.24, 2.45) is 0 Å². The summed E-state index contributed by atoms with van der Waals surface area (Å²) in [5, 5.41) is 3.24. The van der Waals surface area contributed by atoms with E-state index in [-0.39, 0.29) is 6.10 Å². The van der Waals surface area contributed by atoms with Crippen LogP contribution in [0.1, 0.15) is 19.0 Å². The lowest BCUT2D eigenvalue weighted by Crippen LogP contribution is -2.17. The SMILES string of the molecule is CCNCc1cccc(OC2CCOC2)n1. The molecule has 0 spiro atoms. The molecule has 0 radical (unpaired) electrons. The van der Waals surface area contributed by atoms with Gasteiger partial charge in [0.15, 0.2) is 0 Å². The van der Waals surface area contributed by atoms with Crippen LogP contribution in [0.3, 0.4) is 0 Å². The maximum absolute atomic E-state index is 5.73. The standard InChI is InChI=1S/C12H18N2O2/c1-2-13-8-10-4-3-5-12(14-10)16-11-6-7-15-9-11/h3-5,11,13H,2,6-9H2,1H3. The molecule has 1 aromatic rings. The maximum Gasteiger partial charge on any atom is 0.213 e. The number of hydrogen-bond acceptors (Lipinski definition) is 4. The molecular formula is C12H18N2O2. The van der Waals surface area contributed by atoms with Crippen molar-refractivity contribution in [2.45, 2.75) is 26.0 Å². The molecule has 4 heteroatoms. The molecule has 2 rings (SSSR count). The van der Waals surface area contributed by atoms with Crippen molar-refractivity contribution in [2.75, 3.05) is 19.8 Å². The van der Waals surface area contributed by atoms with Crippen LogP contribution in [0.4, 0.5) is 0 Å². The average molecular weight is 222 g/mol. The molecule has 0 saturated carbocycles. The minimum atomic E-state index is 0.168. The van der Waals surface area contributed by atoms with Gasteiger partial charge in [-0.2, -0.15) is 0 Å². The van der Waals surface area contributed by atoms with Gasteiger partial charge in [-0.15, -0.1) is 0 Å². The Labute approximate surface area is 96.0 Å². The molecule has 1 unspecified atom stereocenters. The van der Waals surface area contributed by atoms with Crippen LogP contribution in [0.15, 0.2) is 18.2 Å². The van der Waals surface area contributed by atoms with Crippen LogP contribution in [0.5, 0.6) is 5.88 Å². The highest BCUT2D eigenvalue weighted by Crippen LogP contribution is 2.14. The summed E-state index contributed by atoms with van der Waals surface area (Å²) in [6.07, 6.45) is 1.13. The van der Waals surface area contributed by atoms with E-state index in [0.717, 1.165) is 31.8 Å². The summed E-state index contributed by atoms with van der Waals surface area (Å²) in [6.45, 7) is 5.29. The average Bonchev–Trinajstić information content (AvgIpc) is 2.80. The molecular weight excluding hydrogens is 204 g/mol. The van der Waals surface area contributed by atoms with Crippen molar-refractivity contribution in [3.8, 4) is 5.88 Å². The van der Waals surface area contributed by atoms with Gasteiger partial charge in [-0.25, -0.2) is 4.98 Å². The molecule has 0 aliphatic carbocycles. The van der Waals surface area contributed by atoms with Gasteiger partial charge in [0.1, 0.15) is 6.10 Å². The van der Waals surface area contributed by atoms with Crippen molar-refractivity contribution >= 4 is 0 Å². The summed E-state index contributed by atoms with van der Waals surface area (Å²) in [5.74, 6) is 0.700. The van der Waals surface area contributed by atoms with Crippen LogP contribution >= 0.6 is 0 Å². The lowest BCUT2D eigenvalue weighted by molar-refractivity contribution is 0.138. The minimum Gasteiger partial charge on any atom is -0.472 e. The lowest BCUT2D eigenvalue weighted by atomic mass is 10.3. The third kappa shape index (κ3) is 3.18. The molecule has 88 valence electrons. The quantitative estimate of drug-likeness (QED) is 0.817. The van der Waals surface area contributed by atoms with Gasteiger partial charge >= 0.3 is 0 Å². The molecule has 2 heterocycles. The molecule has 0 amide bonds. The highest BCUT2D eigenvalue weighted by molar-refractivity contribution is 5.16. The molecule has 0 aromatic carbocycles. The minimum absolute atomic E-state index is 0.168. The van der Waals surface area contributed by atoms with Crippen molar-refractivity contribution in [1.29, 1.82) is 0 Å². The normalized spacial score (nSPS) is 19.9. The highest BCUT2D eigenvalue weighted by atomic mass is 16.5. The molecule has 0 bridgehead atoms. The number of aromatic nitrogens is 1. The van der Waals surface area contributed by atoms with Crippen LogP contribution in [0, 0.1) is 0 Å². The molecule has 1 aliphatic heterocycles. The van der Waals surface area contributed by atoms with Crippen molar-refractivity contribution < 1.29 is 9.47 Å². The largest absolute Gasteiger partial charge is 0.472 e. The Hall–Kier alpha value is -1.13. The van der Waals surface area contributed by atoms with Gasteiger partial charge in [-0.05, 0) is 12.6 Å². The highest BCUT2D eigenvalue weighted by Gasteiger charge is 2.17. The zero-order chi connectivity index (χ0) is 11.2. The number of nitrogens with one attached hydrogen (secondary N) is 1. The summed E-state index contributed by atoms with van der Waals surface area (Å²) in [5.41, 5.74) is 1.01. The van der Waals surface area contributed by atoms with E-state index >= 15 is 0 Å². The Balaban J connectivity index is 1.92. The van der Waals surface area contributed by atoms with Crippen molar-refractivity contribution in [3.63, 3.8) is 0 Å². The predicted octanol–water partition coefficient (Wildman–Crippen LogP) is 1.36. The van der Waals surface area contributed by atoms with Gasteiger partial charge < -0.3 is 14.8 Å². The molecule has 1 aromatic heterocycles.